The summed E-state index contributed by atoms with van der Waals surface area (Å²) in [6, 6.07) is 10.7. The first-order valence-electron chi connectivity index (χ1n) is 7.00. The fourth-order valence-corrected chi connectivity index (χ4v) is 2.41. The molecule has 0 fully saturated rings. The standard InChI is InChI=1S/C16H19N3O2S/c1-11(17-2)10-18-15(20)12-5-3-6-13(9-12)19-16(21)14-7-4-8-22-14/h3-9,11,17H,10H2,1-2H3,(H,18,20)(H,19,21). The van der Waals surface area contributed by atoms with Gasteiger partial charge in [0.25, 0.3) is 11.8 Å². The fourth-order valence-electron chi connectivity index (χ4n) is 1.79. The first-order chi connectivity index (χ1) is 10.6. The third kappa shape index (κ3) is 4.41. The van der Waals surface area contributed by atoms with Crippen molar-refractivity contribution in [1.82, 2.24) is 10.6 Å². The molecule has 0 spiro atoms. The molecule has 1 aromatic heterocycles. The van der Waals surface area contributed by atoms with Crippen LogP contribution in [-0.4, -0.2) is 31.4 Å². The highest BCUT2D eigenvalue weighted by Crippen LogP contribution is 2.14. The summed E-state index contributed by atoms with van der Waals surface area (Å²) in [5, 5.41) is 10.5. The topological polar surface area (TPSA) is 70.2 Å². The smallest absolute Gasteiger partial charge is 0.265 e. The number of hydrogen-bond donors (Lipinski definition) is 3. The van der Waals surface area contributed by atoms with Crippen molar-refractivity contribution in [3.8, 4) is 0 Å². The minimum absolute atomic E-state index is 0.158. The minimum Gasteiger partial charge on any atom is -0.350 e. The molecule has 6 heteroatoms. The molecular weight excluding hydrogens is 298 g/mol. The van der Waals surface area contributed by atoms with Gasteiger partial charge >= 0.3 is 0 Å². The number of rotatable bonds is 6. The van der Waals surface area contributed by atoms with Crippen LogP contribution in [-0.2, 0) is 0 Å². The maximum absolute atomic E-state index is 12.1. The number of likely N-dealkylation sites (N-methyl/N-ethyl adjacent to an activating group) is 1. The van der Waals surface area contributed by atoms with Crippen molar-refractivity contribution in [2.75, 3.05) is 18.9 Å². The zero-order valence-electron chi connectivity index (χ0n) is 12.6. The molecule has 1 aromatic carbocycles. The Bertz CT molecular complexity index is 641. The molecule has 0 bridgehead atoms. The van der Waals surface area contributed by atoms with Crippen molar-refractivity contribution in [1.29, 1.82) is 0 Å². The van der Waals surface area contributed by atoms with E-state index in [0.717, 1.165) is 0 Å². The summed E-state index contributed by atoms with van der Waals surface area (Å²) in [4.78, 5) is 24.7. The maximum atomic E-state index is 12.1. The molecule has 5 nitrogen and oxygen atoms in total. The second-order valence-electron chi connectivity index (χ2n) is 4.91. The van der Waals surface area contributed by atoms with E-state index in [9.17, 15) is 9.59 Å². The van der Waals surface area contributed by atoms with Crippen LogP contribution in [0.1, 0.15) is 27.0 Å². The van der Waals surface area contributed by atoms with Crippen LogP contribution in [0, 0.1) is 0 Å². The fraction of sp³-hybridized carbons (Fsp3) is 0.250. The van der Waals surface area contributed by atoms with Crippen molar-refractivity contribution < 1.29 is 9.59 Å². The molecule has 0 aliphatic heterocycles. The molecule has 1 atom stereocenters. The highest BCUT2D eigenvalue weighted by molar-refractivity contribution is 7.12. The van der Waals surface area contributed by atoms with Gasteiger partial charge in [0, 0.05) is 23.8 Å². The molecule has 2 rings (SSSR count). The molecule has 1 heterocycles. The molecule has 116 valence electrons. The predicted octanol–water partition coefficient (Wildman–Crippen LogP) is 2.34. The lowest BCUT2D eigenvalue weighted by molar-refractivity contribution is 0.0949. The number of carbonyl (C=O) groups is 2. The SMILES string of the molecule is CNC(C)CNC(=O)c1cccc(NC(=O)c2cccs2)c1. The van der Waals surface area contributed by atoms with Gasteiger partial charge in [-0.15, -0.1) is 11.3 Å². The summed E-state index contributed by atoms with van der Waals surface area (Å²) in [6.07, 6.45) is 0. The zero-order valence-corrected chi connectivity index (χ0v) is 13.4. The monoisotopic (exact) mass is 317 g/mol. The molecule has 0 saturated heterocycles. The van der Waals surface area contributed by atoms with Crippen LogP contribution < -0.4 is 16.0 Å². The van der Waals surface area contributed by atoms with Crippen molar-refractivity contribution in [3.05, 3.63) is 52.2 Å². The molecule has 3 N–H and O–H groups in total. The zero-order chi connectivity index (χ0) is 15.9. The Labute approximate surface area is 133 Å². The summed E-state index contributed by atoms with van der Waals surface area (Å²) in [5.41, 5.74) is 1.12. The van der Waals surface area contributed by atoms with Gasteiger partial charge in [0.1, 0.15) is 0 Å². The average molecular weight is 317 g/mol. The van der Waals surface area contributed by atoms with Gasteiger partial charge < -0.3 is 16.0 Å². The second kappa shape index (κ2) is 7.72. The lowest BCUT2D eigenvalue weighted by atomic mass is 10.2. The number of benzene rings is 1. The van der Waals surface area contributed by atoms with Gasteiger partial charge in [0.15, 0.2) is 0 Å². The Morgan fingerprint density at radius 3 is 2.68 bits per heavy atom. The van der Waals surface area contributed by atoms with E-state index < -0.39 is 0 Å². The van der Waals surface area contributed by atoms with E-state index in [1.165, 1.54) is 11.3 Å². The first kappa shape index (κ1) is 16.2. The van der Waals surface area contributed by atoms with Crippen LogP contribution in [0.4, 0.5) is 5.69 Å². The third-order valence-corrected chi connectivity index (χ3v) is 4.06. The Morgan fingerprint density at radius 1 is 1.18 bits per heavy atom. The Kier molecular flexibility index (Phi) is 5.68. The molecule has 2 aromatic rings. The number of thiophene rings is 1. The number of carbonyl (C=O) groups excluding carboxylic acids is 2. The molecular formula is C16H19N3O2S. The van der Waals surface area contributed by atoms with Crippen molar-refractivity contribution in [2.24, 2.45) is 0 Å². The van der Waals surface area contributed by atoms with Gasteiger partial charge in [-0.05, 0) is 43.6 Å². The number of hydrogen-bond acceptors (Lipinski definition) is 4. The molecule has 1 unspecified atom stereocenters. The van der Waals surface area contributed by atoms with Gasteiger partial charge in [-0.2, -0.15) is 0 Å². The molecule has 0 aliphatic rings. The Balaban J connectivity index is 2.00. The van der Waals surface area contributed by atoms with E-state index in [4.69, 9.17) is 0 Å². The summed E-state index contributed by atoms with van der Waals surface area (Å²) < 4.78 is 0. The number of anilines is 1. The lowest BCUT2D eigenvalue weighted by Crippen LogP contribution is -2.37. The molecule has 0 radical (unpaired) electrons. The van der Waals surface area contributed by atoms with Crippen LogP contribution in [0.2, 0.25) is 0 Å². The first-order valence-corrected chi connectivity index (χ1v) is 7.88. The highest BCUT2D eigenvalue weighted by atomic mass is 32.1. The van der Waals surface area contributed by atoms with Crippen LogP contribution in [0.15, 0.2) is 41.8 Å². The average Bonchev–Trinajstić information content (AvgIpc) is 3.07. The molecule has 0 saturated carbocycles. The molecule has 22 heavy (non-hydrogen) atoms. The summed E-state index contributed by atoms with van der Waals surface area (Å²) >= 11 is 1.38. The summed E-state index contributed by atoms with van der Waals surface area (Å²) in [7, 11) is 1.84. The Hall–Kier alpha value is -2.18. The number of nitrogens with one attached hydrogen (secondary N) is 3. The highest BCUT2D eigenvalue weighted by Gasteiger charge is 2.10. The van der Waals surface area contributed by atoms with E-state index in [-0.39, 0.29) is 17.9 Å². The minimum atomic E-state index is -0.170. The normalized spacial score (nSPS) is 11.7. The largest absolute Gasteiger partial charge is 0.350 e. The predicted molar refractivity (Wildman–Crippen MR) is 89.6 cm³/mol. The van der Waals surface area contributed by atoms with Crippen LogP contribution in [0.3, 0.4) is 0 Å². The van der Waals surface area contributed by atoms with Gasteiger partial charge in [-0.25, -0.2) is 0 Å². The van der Waals surface area contributed by atoms with Gasteiger partial charge in [0.05, 0.1) is 4.88 Å². The van der Waals surface area contributed by atoms with E-state index in [1.807, 2.05) is 25.4 Å². The van der Waals surface area contributed by atoms with Gasteiger partial charge in [-0.3, -0.25) is 9.59 Å². The van der Waals surface area contributed by atoms with Crippen molar-refractivity contribution in [3.63, 3.8) is 0 Å². The molecule has 2 amide bonds. The van der Waals surface area contributed by atoms with Gasteiger partial charge in [0.2, 0.25) is 0 Å². The second-order valence-corrected chi connectivity index (χ2v) is 5.86. The number of amides is 2. The third-order valence-electron chi connectivity index (χ3n) is 3.19. The quantitative estimate of drug-likeness (QED) is 0.766. The summed E-state index contributed by atoms with van der Waals surface area (Å²) in [5.74, 6) is -0.328. The van der Waals surface area contributed by atoms with Crippen molar-refractivity contribution >= 4 is 28.8 Å². The van der Waals surface area contributed by atoms with Gasteiger partial charge in [-0.1, -0.05) is 12.1 Å². The van der Waals surface area contributed by atoms with E-state index in [1.54, 1.807) is 30.3 Å². The lowest BCUT2D eigenvalue weighted by Gasteiger charge is -2.12. The maximum Gasteiger partial charge on any atom is 0.265 e. The van der Waals surface area contributed by atoms with Crippen LogP contribution in [0.5, 0.6) is 0 Å². The van der Waals surface area contributed by atoms with Crippen molar-refractivity contribution in [2.45, 2.75) is 13.0 Å². The van der Waals surface area contributed by atoms with Crippen LogP contribution in [0.25, 0.3) is 0 Å². The van der Waals surface area contributed by atoms with Crippen LogP contribution >= 0.6 is 11.3 Å². The van der Waals surface area contributed by atoms with E-state index in [2.05, 4.69) is 16.0 Å². The Morgan fingerprint density at radius 2 is 2.00 bits per heavy atom. The van der Waals surface area contributed by atoms with E-state index in [0.29, 0.717) is 22.7 Å². The molecule has 0 aliphatic carbocycles. The van der Waals surface area contributed by atoms with E-state index >= 15 is 0 Å². The summed E-state index contributed by atoms with van der Waals surface area (Å²) in [6.45, 7) is 2.53.